The van der Waals surface area contributed by atoms with E-state index in [0.29, 0.717) is 5.69 Å². The van der Waals surface area contributed by atoms with E-state index in [-0.39, 0.29) is 11.8 Å². The smallest absolute Gasteiger partial charge is 0.235 e. The summed E-state index contributed by atoms with van der Waals surface area (Å²) in [5.74, 6) is 5.77. The Labute approximate surface area is 127 Å². The Morgan fingerprint density at radius 2 is 2.00 bits per heavy atom. The average molecular weight is 306 g/mol. The summed E-state index contributed by atoms with van der Waals surface area (Å²) < 4.78 is 27.5. The molecule has 1 aromatic carbocycles. The molecule has 2 rings (SSSR count). The van der Waals surface area contributed by atoms with Crippen molar-refractivity contribution >= 4 is 15.7 Å². The van der Waals surface area contributed by atoms with Crippen LogP contribution in [0.5, 0.6) is 0 Å². The first kappa shape index (κ1) is 15.9. The number of sulfonamides is 1. The van der Waals surface area contributed by atoms with Crippen molar-refractivity contribution in [3.63, 3.8) is 0 Å². The van der Waals surface area contributed by atoms with Crippen LogP contribution < -0.4 is 10.5 Å². The zero-order valence-corrected chi connectivity index (χ0v) is 13.2. The van der Waals surface area contributed by atoms with Crippen LogP contribution in [0.4, 0.5) is 5.69 Å². The maximum Gasteiger partial charge on any atom is 0.235 e. The first-order chi connectivity index (χ1) is 10.0. The zero-order chi connectivity index (χ0) is 15.3. The molecule has 1 aliphatic carbocycles. The summed E-state index contributed by atoms with van der Waals surface area (Å²) in [5.41, 5.74) is 7.78. The SMILES string of the molecule is Cc1ccc(NS(=O)(=O)C2CCCCC2)cc1C#CCN. The minimum absolute atomic E-state index is 0.272. The molecule has 0 amide bonds. The van der Waals surface area contributed by atoms with E-state index in [4.69, 9.17) is 5.73 Å². The number of nitrogens with one attached hydrogen (secondary N) is 1. The third-order valence-corrected chi connectivity index (χ3v) is 5.68. The highest BCUT2D eigenvalue weighted by Gasteiger charge is 2.27. The van der Waals surface area contributed by atoms with Crippen LogP contribution in [0, 0.1) is 18.8 Å². The summed E-state index contributed by atoms with van der Waals surface area (Å²) in [6, 6.07) is 5.43. The van der Waals surface area contributed by atoms with Gasteiger partial charge in [0.25, 0.3) is 0 Å². The molecule has 4 nitrogen and oxygen atoms in total. The number of hydrogen-bond donors (Lipinski definition) is 2. The Bertz CT molecular complexity index is 651. The van der Waals surface area contributed by atoms with Crippen LogP contribution in [-0.2, 0) is 10.0 Å². The highest BCUT2D eigenvalue weighted by Crippen LogP contribution is 2.25. The molecule has 1 aliphatic rings. The Hall–Kier alpha value is -1.51. The van der Waals surface area contributed by atoms with E-state index in [1.165, 1.54) is 0 Å². The molecule has 21 heavy (non-hydrogen) atoms. The summed E-state index contributed by atoms with van der Waals surface area (Å²) in [7, 11) is -3.31. The number of hydrogen-bond acceptors (Lipinski definition) is 3. The van der Waals surface area contributed by atoms with E-state index in [2.05, 4.69) is 16.6 Å². The quantitative estimate of drug-likeness (QED) is 0.842. The average Bonchev–Trinajstić information content (AvgIpc) is 2.48. The second kappa shape index (κ2) is 6.97. The van der Waals surface area contributed by atoms with Gasteiger partial charge < -0.3 is 5.73 Å². The molecule has 0 atom stereocenters. The summed E-state index contributed by atoms with van der Waals surface area (Å²) in [4.78, 5) is 0. The van der Waals surface area contributed by atoms with Crippen LogP contribution in [0.2, 0.25) is 0 Å². The molecule has 0 aromatic heterocycles. The molecule has 0 aliphatic heterocycles. The van der Waals surface area contributed by atoms with E-state index in [1.807, 2.05) is 13.0 Å². The van der Waals surface area contributed by atoms with Gasteiger partial charge in [-0.05, 0) is 37.5 Å². The van der Waals surface area contributed by atoms with Crippen LogP contribution in [-0.4, -0.2) is 20.2 Å². The van der Waals surface area contributed by atoms with Crippen molar-refractivity contribution in [2.45, 2.75) is 44.3 Å². The van der Waals surface area contributed by atoms with Crippen LogP contribution in [0.15, 0.2) is 18.2 Å². The van der Waals surface area contributed by atoms with Crippen molar-refractivity contribution in [2.75, 3.05) is 11.3 Å². The Kier molecular flexibility index (Phi) is 5.27. The highest BCUT2D eigenvalue weighted by atomic mass is 32.2. The fourth-order valence-corrected chi connectivity index (χ4v) is 4.17. The Morgan fingerprint density at radius 1 is 1.29 bits per heavy atom. The fraction of sp³-hybridized carbons (Fsp3) is 0.500. The van der Waals surface area contributed by atoms with E-state index in [1.54, 1.807) is 12.1 Å². The largest absolute Gasteiger partial charge is 0.320 e. The second-order valence-electron chi connectivity index (χ2n) is 5.44. The van der Waals surface area contributed by atoms with Gasteiger partial charge >= 0.3 is 0 Å². The number of aryl methyl sites for hydroxylation is 1. The molecule has 0 bridgehead atoms. The van der Waals surface area contributed by atoms with E-state index in [9.17, 15) is 8.42 Å². The zero-order valence-electron chi connectivity index (χ0n) is 12.4. The van der Waals surface area contributed by atoms with Crippen molar-refractivity contribution in [2.24, 2.45) is 5.73 Å². The molecule has 5 heteroatoms. The molecule has 0 spiro atoms. The molecule has 0 heterocycles. The predicted octanol–water partition coefficient (Wildman–Crippen LogP) is 2.38. The third-order valence-electron chi connectivity index (χ3n) is 3.81. The van der Waals surface area contributed by atoms with Gasteiger partial charge in [0.15, 0.2) is 0 Å². The van der Waals surface area contributed by atoms with Crippen LogP contribution in [0.3, 0.4) is 0 Å². The van der Waals surface area contributed by atoms with Gasteiger partial charge in [-0.3, -0.25) is 4.72 Å². The van der Waals surface area contributed by atoms with E-state index >= 15 is 0 Å². The first-order valence-corrected chi connectivity index (χ1v) is 8.89. The molecule has 3 N–H and O–H groups in total. The summed E-state index contributed by atoms with van der Waals surface area (Å²) in [5, 5.41) is -0.272. The Balaban J connectivity index is 2.18. The number of anilines is 1. The minimum Gasteiger partial charge on any atom is -0.320 e. The monoisotopic (exact) mass is 306 g/mol. The number of benzene rings is 1. The van der Waals surface area contributed by atoms with Gasteiger partial charge in [-0.15, -0.1) is 0 Å². The third kappa shape index (κ3) is 4.23. The molecule has 0 unspecified atom stereocenters. The molecule has 0 radical (unpaired) electrons. The van der Waals surface area contributed by atoms with Crippen LogP contribution in [0.1, 0.15) is 43.2 Å². The molecule has 1 fully saturated rings. The first-order valence-electron chi connectivity index (χ1n) is 7.34. The van der Waals surface area contributed by atoms with Crippen LogP contribution in [0.25, 0.3) is 0 Å². The van der Waals surface area contributed by atoms with Gasteiger partial charge in [-0.25, -0.2) is 8.42 Å². The molecule has 1 aromatic rings. The molecule has 0 saturated heterocycles. The van der Waals surface area contributed by atoms with E-state index < -0.39 is 10.0 Å². The topological polar surface area (TPSA) is 72.2 Å². The van der Waals surface area contributed by atoms with Crippen molar-refractivity contribution < 1.29 is 8.42 Å². The standard InChI is InChI=1S/C16H22N2O2S/c1-13-9-10-15(12-14(13)6-5-11-17)18-21(19,20)16-7-3-2-4-8-16/h9-10,12,16,18H,2-4,7-8,11,17H2,1H3. The van der Waals surface area contributed by atoms with Gasteiger partial charge in [0, 0.05) is 11.3 Å². The fourth-order valence-electron chi connectivity index (χ4n) is 2.59. The predicted molar refractivity (Wildman–Crippen MR) is 86.5 cm³/mol. The lowest BCUT2D eigenvalue weighted by molar-refractivity contribution is 0.486. The maximum atomic E-state index is 12.4. The Morgan fingerprint density at radius 3 is 2.67 bits per heavy atom. The van der Waals surface area contributed by atoms with Gasteiger partial charge in [0.2, 0.25) is 10.0 Å². The van der Waals surface area contributed by atoms with Crippen molar-refractivity contribution in [1.82, 2.24) is 0 Å². The van der Waals surface area contributed by atoms with E-state index in [0.717, 1.165) is 43.2 Å². The maximum absolute atomic E-state index is 12.4. The number of nitrogens with two attached hydrogens (primary N) is 1. The number of rotatable bonds is 3. The van der Waals surface area contributed by atoms with Gasteiger partial charge in [-0.1, -0.05) is 37.2 Å². The van der Waals surface area contributed by atoms with Crippen molar-refractivity contribution in [1.29, 1.82) is 0 Å². The minimum atomic E-state index is -3.31. The molecule has 1 saturated carbocycles. The summed E-state index contributed by atoms with van der Waals surface area (Å²) >= 11 is 0. The summed E-state index contributed by atoms with van der Waals surface area (Å²) in [6.07, 6.45) is 4.62. The normalized spacial score (nSPS) is 16.1. The van der Waals surface area contributed by atoms with Crippen molar-refractivity contribution in [3.8, 4) is 11.8 Å². The lowest BCUT2D eigenvalue weighted by Gasteiger charge is -2.22. The highest BCUT2D eigenvalue weighted by molar-refractivity contribution is 7.93. The molecule has 114 valence electrons. The molecular formula is C16H22N2O2S. The van der Waals surface area contributed by atoms with Gasteiger partial charge in [0.1, 0.15) is 0 Å². The second-order valence-corrected chi connectivity index (χ2v) is 7.40. The molecular weight excluding hydrogens is 284 g/mol. The van der Waals surface area contributed by atoms with Gasteiger partial charge in [-0.2, -0.15) is 0 Å². The van der Waals surface area contributed by atoms with Crippen LogP contribution >= 0.6 is 0 Å². The van der Waals surface area contributed by atoms with Gasteiger partial charge in [0.05, 0.1) is 11.8 Å². The lowest BCUT2D eigenvalue weighted by Crippen LogP contribution is -2.29. The summed E-state index contributed by atoms with van der Waals surface area (Å²) in [6.45, 7) is 2.23. The lowest BCUT2D eigenvalue weighted by atomic mass is 10.0. The van der Waals surface area contributed by atoms with Crippen molar-refractivity contribution in [3.05, 3.63) is 29.3 Å².